The first-order valence-electron chi connectivity index (χ1n) is 6.18. The van der Waals surface area contributed by atoms with Gasteiger partial charge < -0.3 is 10.1 Å². The number of nitrogens with zero attached hydrogens (tertiary/aromatic N) is 1. The lowest BCUT2D eigenvalue weighted by molar-refractivity contribution is 0.0675. The van der Waals surface area contributed by atoms with Crippen LogP contribution in [0.2, 0.25) is 0 Å². The first kappa shape index (κ1) is 14.0. The van der Waals surface area contributed by atoms with Crippen LogP contribution in [0, 0.1) is 0 Å². The van der Waals surface area contributed by atoms with Crippen molar-refractivity contribution in [3.8, 4) is 11.1 Å². The Morgan fingerprint density at radius 3 is 2.79 bits per heavy atom. The number of ether oxygens (including phenoxy) is 1. The molecule has 19 heavy (non-hydrogen) atoms. The molecule has 3 rings (SSSR count). The molecule has 0 aliphatic carbocycles. The average molecular weight is 277 g/mol. The van der Waals surface area contributed by atoms with Gasteiger partial charge in [-0.3, -0.25) is 4.98 Å². The van der Waals surface area contributed by atoms with Crippen LogP contribution in [0.1, 0.15) is 17.2 Å². The Kier molecular flexibility index (Phi) is 4.53. The van der Waals surface area contributed by atoms with Gasteiger partial charge in [0.2, 0.25) is 0 Å². The highest BCUT2D eigenvalue weighted by Gasteiger charge is 2.24. The van der Waals surface area contributed by atoms with Gasteiger partial charge >= 0.3 is 0 Å². The maximum absolute atomic E-state index is 5.85. The molecule has 1 aromatic heterocycles. The van der Waals surface area contributed by atoms with Gasteiger partial charge in [-0.25, -0.2) is 0 Å². The third-order valence-corrected chi connectivity index (χ3v) is 3.37. The van der Waals surface area contributed by atoms with Crippen molar-refractivity contribution in [2.75, 3.05) is 13.6 Å². The van der Waals surface area contributed by atoms with Gasteiger partial charge in [-0.1, -0.05) is 18.2 Å². The predicted molar refractivity (Wildman–Crippen MR) is 78.4 cm³/mol. The topological polar surface area (TPSA) is 34.1 Å². The van der Waals surface area contributed by atoms with Gasteiger partial charge in [-0.05, 0) is 41.4 Å². The zero-order valence-corrected chi connectivity index (χ0v) is 11.6. The summed E-state index contributed by atoms with van der Waals surface area (Å²) in [5.74, 6) is 0. The van der Waals surface area contributed by atoms with Crippen LogP contribution in [0.15, 0.2) is 42.7 Å². The van der Waals surface area contributed by atoms with Crippen molar-refractivity contribution >= 4 is 12.4 Å². The first-order chi connectivity index (χ1) is 8.90. The molecule has 0 unspecified atom stereocenters. The Morgan fingerprint density at radius 1 is 1.26 bits per heavy atom. The van der Waals surface area contributed by atoms with Gasteiger partial charge in [-0.2, -0.15) is 0 Å². The van der Waals surface area contributed by atoms with E-state index in [4.69, 9.17) is 4.74 Å². The second-order valence-corrected chi connectivity index (χ2v) is 4.47. The third kappa shape index (κ3) is 2.63. The standard InChI is InChI=1S/C15H16N2O.ClH/c1-16-9-15-13-4-2-3-12(14(13)10-18-15)11-5-7-17-8-6-11;/h2-8,15-16H,9-10H2,1H3;1H/t15-;/m0./s1. The van der Waals surface area contributed by atoms with Gasteiger partial charge in [0.25, 0.3) is 0 Å². The van der Waals surface area contributed by atoms with E-state index in [2.05, 4.69) is 28.5 Å². The summed E-state index contributed by atoms with van der Waals surface area (Å²) in [5, 5.41) is 3.17. The molecule has 1 aliphatic heterocycles. The van der Waals surface area contributed by atoms with E-state index in [1.807, 2.05) is 31.6 Å². The molecule has 100 valence electrons. The maximum atomic E-state index is 5.85. The van der Waals surface area contributed by atoms with E-state index in [0.29, 0.717) is 6.61 Å². The van der Waals surface area contributed by atoms with E-state index < -0.39 is 0 Å². The number of benzene rings is 1. The summed E-state index contributed by atoms with van der Waals surface area (Å²) in [5.41, 5.74) is 5.08. The zero-order valence-electron chi connectivity index (χ0n) is 10.8. The highest BCUT2D eigenvalue weighted by Crippen LogP contribution is 2.36. The smallest absolute Gasteiger partial charge is 0.0957 e. The quantitative estimate of drug-likeness (QED) is 0.936. The van der Waals surface area contributed by atoms with Crippen molar-refractivity contribution in [1.29, 1.82) is 0 Å². The summed E-state index contributed by atoms with van der Waals surface area (Å²) < 4.78 is 5.85. The number of rotatable bonds is 3. The lowest BCUT2D eigenvalue weighted by Gasteiger charge is -2.11. The third-order valence-electron chi connectivity index (χ3n) is 3.37. The number of hydrogen-bond donors (Lipinski definition) is 1. The first-order valence-corrected chi connectivity index (χ1v) is 6.18. The SMILES string of the molecule is CNC[C@@H]1OCc2c(-c3ccncc3)cccc21.Cl. The van der Waals surface area contributed by atoms with Gasteiger partial charge in [0.15, 0.2) is 0 Å². The minimum Gasteiger partial charge on any atom is -0.367 e. The number of halogens is 1. The molecule has 1 aliphatic rings. The fourth-order valence-electron chi connectivity index (χ4n) is 2.50. The molecule has 3 nitrogen and oxygen atoms in total. The second-order valence-electron chi connectivity index (χ2n) is 4.47. The monoisotopic (exact) mass is 276 g/mol. The van der Waals surface area contributed by atoms with E-state index in [-0.39, 0.29) is 18.5 Å². The number of hydrogen-bond acceptors (Lipinski definition) is 3. The molecular formula is C15H17ClN2O. The molecule has 1 aromatic carbocycles. The fraction of sp³-hybridized carbons (Fsp3) is 0.267. The van der Waals surface area contributed by atoms with Crippen molar-refractivity contribution in [3.05, 3.63) is 53.9 Å². The second kappa shape index (κ2) is 6.15. The fourth-order valence-corrected chi connectivity index (χ4v) is 2.50. The summed E-state index contributed by atoms with van der Waals surface area (Å²) in [4.78, 5) is 4.07. The Balaban J connectivity index is 0.00000133. The van der Waals surface area contributed by atoms with Gasteiger partial charge in [-0.15, -0.1) is 12.4 Å². The van der Waals surface area contributed by atoms with E-state index in [9.17, 15) is 0 Å². The van der Waals surface area contributed by atoms with Crippen LogP contribution >= 0.6 is 12.4 Å². The highest BCUT2D eigenvalue weighted by molar-refractivity contribution is 5.85. The molecule has 0 saturated heterocycles. The molecular weight excluding hydrogens is 260 g/mol. The number of fused-ring (bicyclic) bond motifs is 1. The van der Waals surface area contributed by atoms with Crippen LogP contribution in [-0.4, -0.2) is 18.6 Å². The van der Waals surface area contributed by atoms with Gasteiger partial charge in [0.1, 0.15) is 0 Å². The van der Waals surface area contributed by atoms with E-state index in [1.165, 1.54) is 22.3 Å². The van der Waals surface area contributed by atoms with Crippen LogP contribution in [0.4, 0.5) is 0 Å². The molecule has 2 aromatic rings. The molecule has 0 spiro atoms. The predicted octanol–water partition coefficient (Wildman–Crippen LogP) is 2.96. The maximum Gasteiger partial charge on any atom is 0.0957 e. The number of likely N-dealkylation sites (N-methyl/N-ethyl adjacent to an activating group) is 1. The Labute approximate surface area is 119 Å². The molecule has 0 fully saturated rings. The summed E-state index contributed by atoms with van der Waals surface area (Å²) in [6, 6.07) is 10.5. The molecule has 1 atom stereocenters. The van der Waals surface area contributed by atoms with Crippen molar-refractivity contribution in [2.45, 2.75) is 12.7 Å². The molecule has 1 N–H and O–H groups in total. The van der Waals surface area contributed by atoms with Crippen LogP contribution < -0.4 is 5.32 Å². The molecule has 0 amide bonds. The summed E-state index contributed by atoms with van der Waals surface area (Å²) in [7, 11) is 1.95. The minimum atomic E-state index is 0. The Hall–Kier alpha value is -1.42. The Bertz CT molecular complexity index is 545. The molecule has 0 radical (unpaired) electrons. The van der Waals surface area contributed by atoms with Crippen molar-refractivity contribution in [1.82, 2.24) is 10.3 Å². The normalized spacial score (nSPS) is 16.8. The van der Waals surface area contributed by atoms with Crippen molar-refractivity contribution < 1.29 is 4.74 Å². The van der Waals surface area contributed by atoms with Gasteiger partial charge in [0.05, 0.1) is 12.7 Å². The van der Waals surface area contributed by atoms with E-state index in [0.717, 1.165) is 6.54 Å². The molecule has 4 heteroatoms. The van der Waals surface area contributed by atoms with Crippen molar-refractivity contribution in [3.63, 3.8) is 0 Å². The van der Waals surface area contributed by atoms with Crippen LogP contribution in [0.25, 0.3) is 11.1 Å². The molecule has 2 heterocycles. The lowest BCUT2D eigenvalue weighted by atomic mass is 9.95. The number of aromatic nitrogens is 1. The minimum absolute atomic E-state index is 0. The highest BCUT2D eigenvalue weighted by atomic mass is 35.5. The van der Waals surface area contributed by atoms with Gasteiger partial charge in [0, 0.05) is 18.9 Å². The summed E-state index contributed by atoms with van der Waals surface area (Å²) >= 11 is 0. The Morgan fingerprint density at radius 2 is 2.05 bits per heavy atom. The average Bonchev–Trinajstić information content (AvgIpc) is 2.84. The summed E-state index contributed by atoms with van der Waals surface area (Å²) in [6.45, 7) is 1.55. The van der Waals surface area contributed by atoms with Crippen molar-refractivity contribution in [2.24, 2.45) is 0 Å². The van der Waals surface area contributed by atoms with Crippen LogP contribution in [-0.2, 0) is 11.3 Å². The summed E-state index contributed by atoms with van der Waals surface area (Å²) in [6.07, 6.45) is 3.83. The van der Waals surface area contributed by atoms with Crippen LogP contribution in [0.5, 0.6) is 0 Å². The molecule has 0 bridgehead atoms. The van der Waals surface area contributed by atoms with E-state index >= 15 is 0 Å². The number of nitrogens with one attached hydrogen (secondary N) is 1. The molecule has 0 saturated carbocycles. The lowest BCUT2D eigenvalue weighted by Crippen LogP contribution is -2.16. The largest absolute Gasteiger partial charge is 0.367 e. The number of pyridine rings is 1. The van der Waals surface area contributed by atoms with E-state index in [1.54, 1.807) is 0 Å². The zero-order chi connectivity index (χ0) is 12.4. The van der Waals surface area contributed by atoms with Crippen LogP contribution in [0.3, 0.4) is 0 Å².